The number of hydrogen-bond donors (Lipinski definition) is 2. The van der Waals surface area contributed by atoms with Crippen molar-refractivity contribution in [1.29, 1.82) is 0 Å². The Morgan fingerprint density at radius 1 is 1.28 bits per heavy atom. The fraction of sp³-hybridized carbons (Fsp3) is 0.500. The molecule has 7 nitrogen and oxygen atoms in total. The van der Waals surface area contributed by atoms with Crippen molar-refractivity contribution in [3.05, 3.63) is 29.3 Å². The van der Waals surface area contributed by atoms with Crippen LogP contribution in [0.25, 0.3) is 0 Å². The summed E-state index contributed by atoms with van der Waals surface area (Å²) < 4.78 is 0. The van der Waals surface area contributed by atoms with Gasteiger partial charge in [0.05, 0.1) is 5.92 Å². The third-order valence-corrected chi connectivity index (χ3v) is 4.52. The molecule has 0 aromatic heterocycles. The Kier molecular flexibility index (Phi) is 6.01. The molecular weight excluding hydrogens is 322 g/mol. The third kappa shape index (κ3) is 4.49. The highest BCUT2D eigenvalue weighted by Crippen LogP contribution is 2.22. The maximum atomic E-state index is 12.6. The summed E-state index contributed by atoms with van der Waals surface area (Å²) in [4.78, 5) is 39.0. The molecule has 0 aliphatic carbocycles. The van der Waals surface area contributed by atoms with Gasteiger partial charge < -0.3 is 20.2 Å². The fourth-order valence-electron chi connectivity index (χ4n) is 2.88. The minimum Gasteiger partial charge on any atom is -0.481 e. The Morgan fingerprint density at radius 3 is 2.52 bits per heavy atom. The predicted octanol–water partition coefficient (Wildman–Crippen LogP) is 2.42. The molecule has 25 heavy (non-hydrogen) atoms. The van der Waals surface area contributed by atoms with Crippen molar-refractivity contribution in [3.8, 4) is 0 Å². The van der Waals surface area contributed by atoms with Crippen LogP contribution < -0.4 is 5.32 Å². The lowest BCUT2D eigenvalue weighted by Gasteiger charge is -2.22. The molecule has 1 aromatic rings. The van der Waals surface area contributed by atoms with E-state index in [0.717, 1.165) is 25.9 Å². The molecule has 1 fully saturated rings. The molecule has 2 rings (SSSR count). The minimum absolute atomic E-state index is 0.0149. The van der Waals surface area contributed by atoms with Crippen molar-refractivity contribution < 1.29 is 19.5 Å². The second-order valence-corrected chi connectivity index (χ2v) is 6.53. The van der Waals surface area contributed by atoms with Gasteiger partial charge in [-0.2, -0.15) is 0 Å². The van der Waals surface area contributed by atoms with Crippen LogP contribution in [0.2, 0.25) is 0 Å². The van der Waals surface area contributed by atoms with Crippen LogP contribution in [-0.2, 0) is 4.79 Å². The Balaban J connectivity index is 2.09. The molecule has 0 spiro atoms. The number of nitrogens with zero attached hydrogens (tertiary/aromatic N) is 2. The van der Waals surface area contributed by atoms with Crippen molar-refractivity contribution in [3.63, 3.8) is 0 Å². The minimum atomic E-state index is -0.950. The summed E-state index contributed by atoms with van der Waals surface area (Å²) in [5.41, 5.74) is 1.86. The quantitative estimate of drug-likeness (QED) is 0.856. The number of carboxylic acid groups (broad SMARTS) is 1. The number of nitrogens with one attached hydrogen (secondary N) is 1. The molecule has 1 heterocycles. The van der Waals surface area contributed by atoms with Gasteiger partial charge in [-0.15, -0.1) is 0 Å². The van der Waals surface area contributed by atoms with E-state index in [1.165, 1.54) is 4.90 Å². The molecule has 1 unspecified atom stereocenters. The van der Waals surface area contributed by atoms with Crippen molar-refractivity contribution in [1.82, 2.24) is 9.80 Å². The molecule has 3 amide bonds. The fourth-order valence-corrected chi connectivity index (χ4v) is 2.88. The average molecular weight is 347 g/mol. The number of carbonyl (C=O) groups is 3. The number of hydrogen-bond acceptors (Lipinski definition) is 3. The van der Waals surface area contributed by atoms with E-state index in [0.29, 0.717) is 16.8 Å². The first-order chi connectivity index (χ1) is 11.8. The number of carboxylic acids is 1. The first-order valence-electron chi connectivity index (χ1n) is 8.45. The van der Waals surface area contributed by atoms with E-state index in [1.54, 1.807) is 39.1 Å². The molecule has 136 valence electrons. The largest absolute Gasteiger partial charge is 0.481 e. The van der Waals surface area contributed by atoms with E-state index < -0.39 is 17.9 Å². The molecular formula is C18H25N3O4. The van der Waals surface area contributed by atoms with Gasteiger partial charge in [0.1, 0.15) is 0 Å². The lowest BCUT2D eigenvalue weighted by Crippen LogP contribution is -2.37. The van der Waals surface area contributed by atoms with Crippen molar-refractivity contribution in [2.75, 3.05) is 32.0 Å². The van der Waals surface area contributed by atoms with Crippen LogP contribution in [-0.4, -0.2) is 59.5 Å². The summed E-state index contributed by atoms with van der Waals surface area (Å²) in [7, 11) is 1.54. The number of urea groups is 1. The number of aliphatic carboxylic acids is 1. The zero-order chi connectivity index (χ0) is 18.6. The Labute approximate surface area is 147 Å². The predicted molar refractivity (Wildman–Crippen MR) is 94.8 cm³/mol. The molecule has 1 aromatic carbocycles. The van der Waals surface area contributed by atoms with Crippen LogP contribution in [0, 0.1) is 12.8 Å². The van der Waals surface area contributed by atoms with Gasteiger partial charge >= 0.3 is 12.0 Å². The molecule has 1 saturated heterocycles. The van der Waals surface area contributed by atoms with Gasteiger partial charge in [0.25, 0.3) is 5.91 Å². The van der Waals surface area contributed by atoms with Crippen LogP contribution >= 0.6 is 0 Å². The van der Waals surface area contributed by atoms with Gasteiger partial charge in [-0.3, -0.25) is 9.59 Å². The van der Waals surface area contributed by atoms with Crippen molar-refractivity contribution in [2.24, 2.45) is 5.92 Å². The Morgan fingerprint density at radius 2 is 1.92 bits per heavy atom. The highest BCUT2D eigenvalue weighted by atomic mass is 16.4. The van der Waals surface area contributed by atoms with Crippen LogP contribution in [0.1, 0.15) is 35.7 Å². The van der Waals surface area contributed by atoms with Gasteiger partial charge in [0.15, 0.2) is 0 Å². The highest BCUT2D eigenvalue weighted by molar-refractivity contribution is 5.99. The number of amides is 3. The molecule has 1 aliphatic rings. The SMILES string of the molecule is Cc1c(NC(=O)N(C)CC(C)C(=O)O)cccc1C(=O)N1CCCC1. The van der Waals surface area contributed by atoms with Crippen molar-refractivity contribution in [2.45, 2.75) is 26.7 Å². The molecule has 0 radical (unpaired) electrons. The lowest BCUT2D eigenvalue weighted by atomic mass is 10.1. The van der Waals surface area contributed by atoms with Gasteiger partial charge in [0, 0.05) is 37.9 Å². The molecule has 0 bridgehead atoms. The van der Waals surface area contributed by atoms with Gasteiger partial charge in [-0.05, 0) is 37.5 Å². The Hall–Kier alpha value is -2.57. The number of benzene rings is 1. The van der Waals surface area contributed by atoms with Gasteiger partial charge in [0.2, 0.25) is 0 Å². The summed E-state index contributed by atoms with van der Waals surface area (Å²) in [5, 5.41) is 11.7. The number of likely N-dealkylation sites (tertiary alicyclic amines) is 1. The number of anilines is 1. The normalized spacial score (nSPS) is 14.9. The summed E-state index contributed by atoms with van der Waals surface area (Å²) in [6, 6.07) is 4.85. The second-order valence-electron chi connectivity index (χ2n) is 6.53. The third-order valence-electron chi connectivity index (χ3n) is 4.52. The summed E-state index contributed by atoms with van der Waals surface area (Å²) in [5.74, 6) is -1.62. The van der Waals surface area contributed by atoms with Crippen LogP contribution in [0.3, 0.4) is 0 Å². The van der Waals surface area contributed by atoms with Crippen LogP contribution in [0.15, 0.2) is 18.2 Å². The van der Waals surface area contributed by atoms with Gasteiger partial charge in [-0.25, -0.2) is 4.79 Å². The summed E-state index contributed by atoms with van der Waals surface area (Å²) in [6.45, 7) is 4.99. The van der Waals surface area contributed by atoms with E-state index in [-0.39, 0.29) is 12.5 Å². The standard InChI is InChI=1S/C18H25N3O4/c1-12(17(23)24)11-20(3)18(25)19-15-8-6-7-14(13(15)2)16(22)21-9-4-5-10-21/h6-8,12H,4-5,9-11H2,1-3H3,(H,19,25)(H,23,24). The first-order valence-corrected chi connectivity index (χ1v) is 8.45. The molecule has 2 N–H and O–H groups in total. The number of rotatable bonds is 5. The van der Waals surface area contributed by atoms with Crippen molar-refractivity contribution >= 4 is 23.6 Å². The average Bonchev–Trinajstić information content (AvgIpc) is 3.10. The maximum absolute atomic E-state index is 12.6. The highest BCUT2D eigenvalue weighted by Gasteiger charge is 2.23. The molecule has 0 saturated carbocycles. The topological polar surface area (TPSA) is 90.0 Å². The van der Waals surface area contributed by atoms with E-state index in [1.807, 2.05) is 4.90 Å². The molecule has 1 aliphatic heterocycles. The Bertz CT molecular complexity index is 668. The van der Waals surface area contributed by atoms with E-state index in [9.17, 15) is 14.4 Å². The van der Waals surface area contributed by atoms with E-state index >= 15 is 0 Å². The van der Waals surface area contributed by atoms with Gasteiger partial charge in [-0.1, -0.05) is 13.0 Å². The van der Waals surface area contributed by atoms with Crippen LogP contribution in [0.5, 0.6) is 0 Å². The second kappa shape index (κ2) is 8.00. The lowest BCUT2D eigenvalue weighted by molar-refractivity contribution is -0.141. The van der Waals surface area contributed by atoms with E-state index in [4.69, 9.17) is 5.11 Å². The summed E-state index contributed by atoms with van der Waals surface area (Å²) in [6.07, 6.45) is 2.04. The smallest absolute Gasteiger partial charge is 0.321 e. The number of carbonyl (C=O) groups excluding carboxylic acids is 2. The monoisotopic (exact) mass is 347 g/mol. The molecule has 1 atom stereocenters. The maximum Gasteiger partial charge on any atom is 0.321 e. The van der Waals surface area contributed by atoms with Crippen LogP contribution in [0.4, 0.5) is 10.5 Å². The van der Waals surface area contributed by atoms with E-state index in [2.05, 4.69) is 5.32 Å². The molecule has 7 heteroatoms. The summed E-state index contributed by atoms with van der Waals surface area (Å²) >= 11 is 0. The first kappa shape index (κ1) is 18.8. The zero-order valence-corrected chi connectivity index (χ0v) is 14.9. The zero-order valence-electron chi connectivity index (χ0n) is 14.9.